The summed E-state index contributed by atoms with van der Waals surface area (Å²) >= 11 is 0. The van der Waals surface area contributed by atoms with E-state index in [2.05, 4.69) is 0 Å². The molecule has 0 saturated heterocycles. The zero-order chi connectivity index (χ0) is 18.5. The van der Waals surface area contributed by atoms with Crippen molar-refractivity contribution in [1.82, 2.24) is 4.90 Å². The maximum Gasteiger partial charge on any atom is 0.226 e. The molecular formula is C21H23NO4. The number of aryl methyl sites for hydroxylation is 1. The number of likely N-dealkylation sites (N-methyl/N-ethyl adjacent to an activating group) is 1. The number of benzene rings is 2. The standard InChI is InChI=1S/C21H23NO4/c1-15-5-4-6-18(11-15)25-10-9-22(2)21(23)12-16-14-26-20-13-17(24-3)7-8-19(16)20/h4-8,11,13-14H,9-10,12H2,1-3H3. The SMILES string of the molecule is COc1ccc2c(CC(=O)N(C)CCOc3cccc(C)c3)coc2c1. The van der Waals surface area contributed by atoms with Crippen LogP contribution in [0.15, 0.2) is 53.1 Å². The number of ether oxygens (including phenoxy) is 2. The zero-order valence-electron chi connectivity index (χ0n) is 15.3. The first-order chi connectivity index (χ1) is 12.6. The molecule has 0 atom stereocenters. The van der Waals surface area contributed by atoms with Crippen LogP contribution in [0.5, 0.6) is 11.5 Å². The fourth-order valence-corrected chi connectivity index (χ4v) is 2.76. The van der Waals surface area contributed by atoms with Crippen molar-refractivity contribution in [3.05, 3.63) is 59.9 Å². The van der Waals surface area contributed by atoms with E-state index in [0.717, 1.165) is 33.6 Å². The molecule has 5 nitrogen and oxygen atoms in total. The molecule has 0 radical (unpaired) electrons. The predicted molar refractivity (Wildman–Crippen MR) is 101 cm³/mol. The monoisotopic (exact) mass is 353 g/mol. The molecule has 0 aliphatic heterocycles. The number of furan rings is 1. The number of hydrogen-bond donors (Lipinski definition) is 0. The number of rotatable bonds is 7. The Morgan fingerprint density at radius 1 is 1.15 bits per heavy atom. The maximum absolute atomic E-state index is 12.5. The second-order valence-corrected chi connectivity index (χ2v) is 6.28. The van der Waals surface area contributed by atoms with Gasteiger partial charge in [-0.05, 0) is 36.8 Å². The molecule has 1 aromatic heterocycles. The van der Waals surface area contributed by atoms with Crippen LogP contribution in [0.3, 0.4) is 0 Å². The summed E-state index contributed by atoms with van der Waals surface area (Å²) in [7, 11) is 3.40. The Morgan fingerprint density at radius 2 is 2.00 bits per heavy atom. The average molecular weight is 353 g/mol. The van der Waals surface area contributed by atoms with Crippen LogP contribution in [0.25, 0.3) is 11.0 Å². The van der Waals surface area contributed by atoms with E-state index in [0.29, 0.717) is 19.6 Å². The van der Waals surface area contributed by atoms with Gasteiger partial charge in [0.25, 0.3) is 0 Å². The number of amides is 1. The molecule has 136 valence electrons. The average Bonchev–Trinajstić information content (AvgIpc) is 3.03. The van der Waals surface area contributed by atoms with Crippen molar-refractivity contribution in [2.45, 2.75) is 13.3 Å². The Morgan fingerprint density at radius 3 is 2.77 bits per heavy atom. The first-order valence-corrected chi connectivity index (χ1v) is 8.54. The molecular weight excluding hydrogens is 330 g/mol. The molecule has 0 saturated carbocycles. The second-order valence-electron chi connectivity index (χ2n) is 6.28. The molecule has 0 spiro atoms. The van der Waals surface area contributed by atoms with E-state index in [4.69, 9.17) is 13.9 Å². The highest BCUT2D eigenvalue weighted by Gasteiger charge is 2.14. The third-order valence-electron chi connectivity index (χ3n) is 4.32. The molecule has 26 heavy (non-hydrogen) atoms. The molecule has 1 heterocycles. The van der Waals surface area contributed by atoms with Gasteiger partial charge in [-0.25, -0.2) is 0 Å². The van der Waals surface area contributed by atoms with Gasteiger partial charge in [0.2, 0.25) is 5.91 Å². The highest BCUT2D eigenvalue weighted by molar-refractivity contribution is 5.88. The van der Waals surface area contributed by atoms with Crippen molar-refractivity contribution in [1.29, 1.82) is 0 Å². The first-order valence-electron chi connectivity index (χ1n) is 8.54. The van der Waals surface area contributed by atoms with E-state index >= 15 is 0 Å². The highest BCUT2D eigenvalue weighted by Crippen LogP contribution is 2.26. The number of fused-ring (bicyclic) bond motifs is 1. The Labute approximate surface area is 153 Å². The Balaban J connectivity index is 1.55. The van der Waals surface area contributed by atoms with Crippen LogP contribution in [0.4, 0.5) is 0 Å². The summed E-state index contributed by atoms with van der Waals surface area (Å²) in [5.41, 5.74) is 2.74. The van der Waals surface area contributed by atoms with Gasteiger partial charge < -0.3 is 18.8 Å². The van der Waals surface area contributed by atoms with Crippen LogP contribution in [-0.2, 0) is 11.2 Å². The number of nitrogens with zero attached hydrogens (tertiary/aromatic N) is 1. The number of hydrogen-bond acceptors (Lipinski definition) is 4. The van der Waals surface area contributed by atoms with Gasteiger partial charge in [0.1, 0.15) is 23.7 Å². The summed E-state index contributed by atoms with van der Waals surface area (Å²) in [6.45, 7) is 3.00. The van der Waals surface area contributed by atoms with Crippen molar-refractivity contribution >= 4 is 16.9 Å². The van der Waals surface area contributed by atoms with Crippen LogP contribution in [0.2, 0.25) is 0 Å². The summed E-state index contributed by atoms with van der Waals surface area (Å²) < 4.78 is 16.4. The van der Waals surface area contributed by atoms with E-state index in [1.807, 2.05) is 49.4 Å². The number of methoxy groups -OCH3 is 1. The molecule has 0 N–H and O–H groups in total. The summed E-state index contributed by atoms with van der Waals surface area (Å²) in [4.78, 5) is 14.2. The first kappa shape index (κ1) is 17.9. The van der Waals surface area contributed by atoms with Gasteiger partial charge >= 0.3 is 0 Å². The number of carbonyl (C=O) groups excluding carboxylic acids is 1. The Hall–Kier alpha value is -2.95. The van der Waals surface area contributed by atoms with Gasteiger partial charge in [0, 0.05) is 24.1 Å². The third-order valence-corrected chi connectivity index (χ3v) is 4.32. The predicted octanol–water partition coefficient (Wildman–Crippen LogP) is 3.83. The van der Waals surface area contributed by atoms with Crippen molar-refractivity contribution in [3.63, 3.8) is 0 Å². The minimum absolute atomic E-state index is 0.0244. The summed E-state index contributed by atoms with van der Waals surface area (Å²) in [6.07, 6.45) is 1.93. The summed E-state index contributed by atoms with van der Waals surface area (Å²) in [6, 6.07) is 13.5. The lowest BCUT2D eigenvalue weighted by Crippen LogP contribution is -2.32. The topological polar surface area (TPSA) is 51.9 Å². The third kappa shape index (κ3) is 4.17. The van der Waals surface area contributed by atoms with Crippen LogP contribution >= 0.6 is 0 Å². The van der Waals surface area contributed by atoms with E-state index < -0.39 is 0 Å². The van der Waals surface area contributed by atoms with E-state index in [1.165, 1.54) is 0 Å². The lowest BCUT2D eigenvalue weighted by molar-refractivity contribution is -0.129. The molecule has 3 rings (SSSR count). The van der Waals surface area contributed by atoms with Gasteiger partial charge in [-0.3, -0.25) is 4.79 Å². The Bertz CT molecular complexity index is 900. The van der Waals surface area contributed by atoms with Crippen LogP contribution in [-0.4, -0.2) is 38.1 Å². The second kappa shape index (κ2) is 7.95. The largest absolute Gasteiger partial charge is 0.497 e. The highest BCUT2D eigenvalue weighted by atomic mass is 16.5. The molecule has 3 aromatic rings. The maximum atomic E-state index is 12.5. The summed E-state index contributed by atoms with van der Waals surface area (Å²) in [5.74, 6) is 1.58. The molecule has 0 bridgehead atoms. The van der Waals surface area contributed by atoms with E-state index in [9.17, 15) is 4.79 Å². The molecule has 5 heteroatoms. The van der Waals surface area contributed by atoms with E-state index in [-0.39, 0.29) is 5.91 Å². The fraction of sp³-hybridized carbons (Fsp3) is 0.286. The van der Waals surface area contributed by atoms with Gasteiger partial charge in [-0.2, -0.15) is 0 Å². The Kier molecular flexibility index (Phi) is 5.46. The molecule has 0 unspecified atom stereocenters. The van der Waals surface area contributed by atoms with Crippen LogP contribution in [0, 0.1) is 6.92 Å². The molecule has 0 fully saturated rings. The van der Waals surface area contributed by atoms with Crippen LogP contribution in [0.1, 0.15) is 11.1 Å². The smallest absolute Gasteiger partial charge is 0.226 e. The van der Waals surface area contributed by atoms with Gasteiger partial charge in [0.15, 0.2) is 0 Å². The minimum Gasteiger partial charge on any atom is -0.497 e. The van der Waals surface area contributed by atoms with Crippen molar-refractivity contribution in [2.75, 3.05) is 27.3 Å². The van der Waals surface area contributed by atoms with Crippen molar-refractivity contribution in [3.8, 4) is 11.5 Å². The normalized spacial score (nSPS) is 10.7. The fourth-order valence-electron chi connectivity index (χ4n) is 2.76. The number of carbonyl (C=O) groups is 1. The zero-order valence-corrected chi connectivity index (χ0v) is 15.3. The molecule has 0 aliphatic rings. The van der Waals surface area contributed by atoms with Gasteiger partial charge in [-0.15, -0.1) is 0 Å². The summed E-state index contributed by atoms with van der Waals surface area (Å²) in [5, 5.41) is 0.934. The van der Waals surface area contributed by atoms with Crippen molar-refractivity contribution in [2.24, 2.45) is 0 Å². The van der Waals surface area contributed by atoms with Gasteiger partial charge in [-0.1, -0.05) is 12.1 Å². The minimum atomic E-state index is 0.0244. The molecule has 0 aliphatic carbocycles. The van der Waals surface area contributed by atoms with Crippen LogP contribution < -0.4 is 9.47 Å². The molecule has 2 aromatic carbocycles. The lowest BCUT2D eigenvalue weighted by Gasteiger charge is -2.17. The quantitative estimate of drug-likeness (QED) is 0.648. The lowest BCUT2D eigenvalue weighted by atomic mass is 10.1. The van der Waals surface area contributed by atoms with Crippen molar-refractivity contribution < 1.29 is 18.7 Å². The van der Waals surface area contributed by atoms with Gasteiger partial charge in [0.05, 0.1) is 26.3 Å². The molecule has 1 amide bonds. The van der Waals surface area contributed by atoms with E-state index in [1.54, 1.807) is 25.3 Å².